The standard InChI is InChI=1S/C21H24O2S/c1-3-8-21(23)10-7-17-15-5-4-13-11-18(22)19(24)12-16(13)14(15)6-9-20(17,21)2/h6,11,15-17,23H,4-5,7,9-10,12H2,1-2H3/t15-,16+,17+,20+,21+/m1/s1. The van der Waals surface area contributed by atoms with Crippen LogP contribution in [0.3, 0.4) is 0 Å². The number of rotatable bonds is 0. The van der Waals surface area contributed by atoms with Crippen molar-refractivity contribution in [2.45, 2.75) is 58.0 Å². The van der Waals surface area contributed by atoms with Gasteiger partial charge in [-0.3, -0.25) is 4.79 Å². The molecule has 0 amide bonds. The number of carbonyl (C=O) groups is 1. The minimum Gasteiger partial charge on any atom is -0.377 e. The van der Waals surface area contributed by atoms with E-state index in [0.717, 1.165) is 32.1 Å². The third-order valence-corrected chi connectivity index (χ3v) is 7.53. The van der Waals surface area contributed by atoms with Crippen molar-refractivity contribution in [3.63, 3.8) is 0 Å². The fourth-order valence-corrected chi connectivity index (χ4v) is 6.03. The van der Waals surface area contributed by atoms with Crippen LogP contribution in [0.25, 0.3) is 0 Å². The molecule has 0 heterocycles. The summed E-state index contributed by atoms with van der Waals surface area (Å²) in [5.41, 5.74) is 1.75. The van der Waals surface area contributed by atoms with E-state index in [2.05, 4.69) is 24.8 Å². The molecule has 0 aromatic heterocycles. The predicted molar refractivity (Wildman–Crippen MR) is 98.4 cm³/mol. The second-order valence-electron chi connectivity index (χ2n) is 8.11. The van der Waals surface area contributed by atoms with E-state index in [-0.39, 0.29) is 11.2 Å². The van der Waals surface area contributed by atoms with E-state index in [1.54, 1.807) is 6.08 Å². The van der Waals surface area contributed by atoms with Crippen LogP contribution in [0, 0.1) is 35.0 Å². The minimum absolute atomic E-state index is 0.0457. The quantitative estimate of drug-likeness (QED) is 0.414. The zero-order chi connectivity index (χ0) is 17.1. The Bertz CT molecular complexity index is 750. The maximum absolute atomic E-state index is 11.9. The molecular weight excluding hydrogens is 316 g/mol. The Hall–Kier alpha value is -1.24. The Morgan fingerprint density at radius 2 is 2.17 bits per heavy atom. The van der Waals surface area contributed by atoms with Gasteiger partial charge in [0, 0.05) is 11.3 Å². The van der Waals surface area contributed by atoms with Crippen LogP contribution in [0.1, 0.15) is 52.4 Å². The van der Waals surface area contributed by atoms with Crippen molar-refractivity contribution < 1.29 is 9.90 Å². The highest BCUT2D eigenvalue weighted by atomic mass is 32.1. The van der Waals surface area contributed by atoms with Crippen LogP contribution in [0.5, 0.6) is 0 Å². The van der Waals surface area contributed by atoms with Crippen LogP contribution >= 0.6 is 12.2 Å². The third-order valence-electron chi connectivity index (χ3n) is 7.16. The summed E-state index contributed by atoms with van der Waals surface area (Å²) >= 11 is 5.30. The molecule has 0 spiro atoms. The van der Waals surface area contributed by atoms with Crippen molar-refractivity contribution in [3.8, 4) is 11.8 Å². The van der Waals surface area contributed by atoms with E-state index in [0.29, 0.717) is 29.0 Å². The van der Waals surface area contributed by atoms with Gasteiger partial charge in [-0.1, -0.05) is 42.3 Å². The van der Waals surface area contributed by atoms with Crippen LogP contribution < -0.4 is 0 Å². The Balaban J connectivity index is 1.73. The molecule has 2 saturated carbocycles. The van der Waals surface area contributed by atoms with Crippen LogP contribution in [0.2, 0.25) is 0 Å². The Labute approximate surface area is 149 Å². The molecule has 4 rings (SSSR count). The molecule has 2 nitrogen and oxygen atoms in total. The van der Waals surface area contributed by atoms with Gasteiger partial charge in [0.15, 0.2) is 5.78 Å². The third kappa shape index (κ3) is 2.06. The molecular formula is C21H24O2S. The first kappa shape index (κ1) is 16.2. The van der Waals surface area contributed by atoms with Gasteiger partial charge in [-0.25, -0.2) is 0 Å². The average molecular weight is 340 g/mol. The van der Waals surface area contributed by atoms with Crippen molar-refractivity contribution in [1.82, 2.24) is 0 Å². The zero-order valence-electron chi connectivity index (χ0n) is 14.4. The van der Waals surface area contributed by atoms with Crippen LogP contribution in [0.4, 0.5) is 0 Å². The highest BCUT2D eigenvalue weighted by Gasteiger charge is 2.60. The van der Waals surface area contributed by atoms with Crippen molar-refractivity contribution >= 4 is 22.9 Å². The lowest BCUT2D eigenvalue weighted by Crippen LogP contribution is -2.49. The summed E-state index contributed by atoms with van der Waals surface area (Å²) in [4.78, 5) is 12.5. The van der Waals surface area contributed by atoms with Gasteiger partial charge in [-0.2, -0.15) is 0 Å². The number of carbonyl (C=O) groups excluding carboxylic acids is 1. The van der Waals surface area contributed by atoms with E-state index in [1.807, 2.05) is 6.92 Å². The molecule has 3 heteroatoms. The van der Waals surface area contributed by atoms with E-state index in [4.69, 9.17) is 12.2 Å². The van der Waals surface area contributed by atoms with E-state index < -0.39 is 5.60 Å². The topological polar surface area (TPSA) is 37.3 Å². The van der Waals surface area contributed by atoms with Gasteiger partial charge in [-0.15, -0.1) is 5.92 Å². The van der Waals surface area contributed by atoms with Gasteiger partial charge in [0.05, 0.1) is 4.86 Å². The summed E-state index contributed by atoms with van der Waals surface area (Å²) in [5.74, 6) is 7.45. The molecule has 0 unspecified atom stereocenters. The number of hydrogen-bond acceptors (Lipinski definition) is 3. The van der Waals surface area contributed by atoms with E-state index in [9.17, 15) is 9.90 Å². The zero-order valence-corrected chi connectivity index (χ0v) is 15.2. The first-order valence-corrected chi connectivity index (χ1v) is 9.44. The van der Waals surface area contributed by atoms with Gasteiger partial charge >= 0.3 is 0 Å². The molecule has 1 N–H and O–H groups in total. The maximum Gasteiger partial charge on any atom is 0.192 e. The molecule has 126 valence electrons. The number of hydrogen-bond donors (Lipinski definition) is 1. The Morgan fingerprint density at radius 3 is 2.92 bits per heavy atom. The highest BCUT2D eigenvalue weighted by Crippen LogP contribution is 2.62. The van der Waals surface area contributed by atoms with Gasteiger partial charge in [0.2, 0.25) is 0 Å². The molecule has 0 saturated heterocycles. The molecule has 0 aromatic rings. The normalized spacial score (nSPS) is 43.7. The lowest BCUT2D eigenvalue weighted by atomic mass is 9.55. The molecule has 0 bridgehead atoms. The first-order valence-electron chi connectivity index (χ1n) is 9.03. The van der Waals surface area contributed by atoms with E-state index in [1.165, 1.54) is 11.1 Å². The molecule has 5 atom stereocenters. The second kappa shape index (κ2) is 5.38. The van der Waals surface area contributed by atoms with Crippen LogP contribution in [-0.2, 0) is 4.79 Å². The van der Waals surface area contributed by atoms with Crippen LogP contribution in [-0.4, -0.2) is 21.4 Å². The van der Waals surface area contributed by atoms with Gasteiger partial charge in [-0.05, 0) is 63.4 Å². The predicted octanol–water partition coefficient (Wildman–Crippen LogP) is 3.78. The number of allylic oxidation sites excluding steroid dienone is 4. The summed E-state index contributed by atoms with van der Waals surface area (Å²) in [7, 11) is 0. The van der Waals surface area contributed by atoms with Crippen molar-refractivity contribution in [3.05, 3.63) is 23.3 Å². The lowest BCUT2D eigenvalue weighted by molar-refractivity contribution is -0.109. The fraction of sp³-hybridized carbons (Fsp3) is 0.619. The Morgan fingerprint density at radius 1 is 1.38 bits per heavy atom. The summed E-state index contributed by atoms with van der Waals surface area (Å²) in [5, 5.41) is 11.2. The SMILES string of the molecule is CC#C[C@]1(O)CC[C@H]2[C@@H]3CCC4=CC(=O)C(=S)C[C@@H]4C3=CC[C@@]21C. The number of ketones is 1. The molecule has 0 aromatic carbocycles. The molecule has 0 aliphatic heterocycles. The first-order chi connectivity index (χ1) is 11.4. The van der Waals surface area contributed by atoms with Gasteiger partial charge in [0.1, 0.15) is 5.60 Å². The van der Waals surface area contributed by atoms with Crippen molar-refractivity contribution in [1.29, 1.82) is 0 Å². The van der Waals surface area contributed by atoms with Gasteiger partial charge < -0.3 is 5.11 Å². The largest absolute Gasteiger partial charge is 0.377 e. The summed E-state index contributed by atoms with van der Waals surface area (Å²) in [6.07, 6.45) is 9.63. The van der Waals surface area contributed by atoms with Crippen molar-refractivity contribution in [2.24, 2.45) is 23.2 Å². The van der Waals surface area contributed by atoms with Crippen LogP contribution in [0.15, 0.2) is 23.3 Å². The summed E-state index contributed by atoms with van der Waals surface area (Å²) in [6.45, 7) is 4.04. The second-order valence-corrected chi connectivity index (χ2v) is 8.61. The molecule has 2 fully saturated rings. The fourth-order valence-electron chi connectivity index (χ4n) is 5.80. The lowest BCUT2D eigenvalue weighted by Gasteiger charge is -2.50. The molecule has 24 heavy (non-hydrogen) atoms. The molecule has 0 radical (unpaired) electrons. The van der Waals surface area contributed by atoms with Crippen molar-refractivity contribution in [2.75, 3.05) is 0 Å². The monoisotopic (exact) mass is 340 g/mol. The Kier molecular flexibility index (Phi) is 3.64. The number of aliphatic hydroxyl groups is 1. The summed E-state index contributed by atoms with van der Waals surface area (Å²) in [6, 6.07) is 0. The smallest absolute Gasteiger partial charge is 0.192 e. The summed E-state index contributed by atoms with van der Waals surface area (Å²) < 4.78 is 0. The van der Waals surface area contributed by atoms with E-state index >= 15 is 0 Å². The van der Waals surface area contributed by atoms with Gasteiger partial charge in [0.25, 0.3) is 0 Å². The number of thiocarbonyl (C=S) groups is 1. The molecule has 4 aliphatic rings. The highest BCUT2D eigenvalue weighted by molar-refractivity contribution is 7.82. The number of fused-ring (bicyclic) bond motifs is 5. The average Bonchev–Trinajstić information content (AvgIpc) is 2.81. The minimum atomic E-state index is -0.859. The maximum atomic E-state index is 11.9. The molecule has 4 aliphatic carbocycles.